The summed E-state index contributed by atoms with van der Waals surface area (Å²) in [6.07, 6.45) is 0. The number of anilines is 2. The number of nitrogens with one attached hydrogen (secondary N) is 2. The fourth-order valence-electron chi connectivity index (χ4n) is 3.47. The van der Waals surface area contributed by atoms with Crippen LogP contribution in [0.5, 0.6) is 5.75 Å². The van der Waals surface area contributed by atoms with Crippen LogP contribution in [-0.2, 0) is 17.9 Å². The quantitative estimate of drug-likeness (QED) is 0.735. The second-order valence-electron chi connectivity index (χ2n) is 9.21. The number of urea groups is 1. The second kappa shape index (κ2) is 9.56. The van der Waals surface area contributed by atoms with Crippen LogP contribution in [0.4, 0.5) is 20.6 Å². The molecule has 0 bridgehead atoms. The van der Waals surface area contributed by atoms with E-state index in [0.717, 1.165) is 5.56 Å². The van der Waals surface area contributed by atoms with Crippen LogP contribution in [0.1, 0.15) is 31.9 Å². The van der Waals surface area contributed by atoms with Crippen molar-refractivity contribution in [2.24, 2.45) is 5.41 Å². The molecule has 2 aromatic rings. The van der Waals surface area contributed by atoms with E-state index in [9.17, 15) is 14.0 Å². The third-order valence-corrected chi connectivity index (χ3v) is 5.02. The van der Waals surface area contributed by atoms with E-state index in [1.807, 2.05) is 39.8 Å². The van der Waals surface area contributed by atoms with Crippen LogP contribution < -0.4 is 20.3 Å². The van der Waals surface area contributed by atoms with E-state index in [0.29, 0.717) is 42.4 Å². The van der Waals surface area contributed by atoms with Gasteiger partial charge in [0, 0.05) is 29.8 Å². The average Bonchev–Trinajstić information content (AvgIpc) is 2.72. The predicted octanol–water partition coefficient (Wildman–Crippen LogP) is 3.98. The number of nitrogens with zero attached hydrogens (tertiary/aromatic N) is 2. The van der Waals surface area contributed by atoms with E-state index in [1.165, 1.54) is 6.07 Å². The average molecular weight is 443 g/mol. The van der Waals surface area contributed by atoms with Crippen molar-refractivity contribution in [2.75, 3.05) is 37.5 Å². The lowest BCUT2D eigenvalue weighted by molar-refractivity contribution is -0.126. The summed E-state index contributed by atoms with van der Waals surface area (Å²) in [5.74, 6) is 0.338. The van der Waals surface area contributed by atoms with Gasteiger partial charge in [0.05, 0.1) is 12.2 Å². The van der Waals surface area contributed by atoms with Crippen LogP contribution >= 0.6 is 0 Å². The summed E-state index contributed by atoms with van der Waals surface area (Å²) >= 11 is 0. The summed E-state index contributed by atoms with van der Waals surface area (Å²) in [5, 5.41) is 5.58. The molecular formula is C24H31FN4O3. The van der Waals surface area contributed by atoms with Crippen molar-refractivity contribution >= 4 is 23.3 Å². The van der Waals surface area contributed by atoms with Crippen molar-refractivity contribution < 1.29 is 18.7 Å². The van der Waals surface area contributed by atoms with Gasteiger partial charge in [-0.3, -0.25) is 4.79 Å². The number of rotatable bonds is 5. The van der Waals surface area contributed by atoms with E-state index in [1.54, 1.807) is 35.2 Å². The second-order valence-corrected chi connectivity index (χ2v) is 9.21. The largest absolute Gasteiger partial charge is 0.490 e. The van der Waals surface area contributed by atoms with Gasteiger partial charge in [0.2, 0.25) is 5.91 Å². The highest BCUT2D eigenvalue weighted by molar-refractivity contribution is 5.99. The first kappa shape index (κ1) is 23.5. The zero-order valence-electron chi connectivity index (χ0n) is 19.3. The molecular weight excluding hydrogens is 411 g/mol. The Bertz CT molecular complexity index is 1000. The highest BCUT2D eigenvalue weighted by Crippen LogP contribution is 2.36. The molecule has 32 heavy (non-hydrogen) atoms. The molecule has 7 nitrogen and oxygen atoms in total. The molecule has 3 rings (SSSR count). The van der Waals surface area contributed by atoms with Gasteiger partial charge in [-0.05, 0) is 50.0 Å². The molecule has 8 heteroatoms. The van der Waals surface area contributed by atoms with Gasteiger partial charge in [-0.2, -0.15) is 0 Å². The van der Waals surface area contributed by atoms with Crippen LogP contribution in [0, 0.1) is 11.2 Å². The molecule has 0 atom stereocenters. The molecule has 0 saturated heterocycles. The third-order valence-electron chi connectivity index (χ3n) is 5.02. The molecule has 0 radical (unpaired) electrons. The topological polar surface area (TPSA) is 73.9 Å². The van der Waals surface area contributed by atoms with Crippen molar-refractivity contribution in [3.63, 3.8) is 0 Å². The fraction of sp³-hybridized carbons (Fsp3) is 0.417. The maximum Gasteiger partial charge on any atom is 0.319 e. The lowest BCUT2D eigenvalue weighted by atomic mass is 9.94. The first-order chi connectivity index (χ1) is 15.0. The van der Waals surface area contributed by atoms with Gasteiger partial charge in [0.15, 0.2) is 0 Å². The Morgan fingerprint density at radius 1 is 1.16 bits per heavy atom. The molecule has 0 aromatic heterocycles. The maximum atomic E-state index is 14.0. The monoisotopic (exact) mass is 442 g/mol. The molecule has 3 amide bonds. The number of fused-ring (bicyclic) bond motifs is 1. The number of hydrogen-bond acceptors (Lipinski definition) is 4. The summed E-state index contributed by atoms with van der Waals surface area (Å²) in [6.45, 7) is 7.24. The number of amides is 3. The summed E-state index contributed by atoms with van der Waals surface area (Å²) < 4.78 is 19.6. The van der Waals surface area contributed by atoms with Gasteiger partial charge in [-0.25, -0.2) is 9.18 Å². The molecule has 2 aromatic carbocycles. The number of carbonyl (C=O) groups excluding carboxylic acids is 2. The SMILES string of the molecule is CN(C)Cc1cc(CNC(=O)Nc2ccc3c(c2)N(C(=O)C(C)(C)C)CCO3)ccc1F. The summed E-state index contributed by atoms with van der Waals surface area (Å²) in [7, 11) is 3.75. The zero-order valence-corrected chi connectivity index (χ0v) is 19.3. The molecule has 2 N–H and O–H groups in total. The standard InChI is InChI=1S/C24H31FN4O3/c1-24(2,3)22(30)29-10-11-32-21-9-7-18(13-20(21)29)27-23(31)26-14-16-6-8-19(25)17(12-16)15-28(4)5/h6-9,12-13H,10-11,14-15H2,1-5H3,(H2,26,27,31). The Morgan fingerprint density at radius 3 is 2.59 bits per heavy atom. The van der Waals surface area contributed by atoms with Gasteiger partial charge < -0.3 is 25.2 Å². The molecule has 1 aliphatic heterocycles. The molecule has 0 saturated carbocycles. The predicted molar refractivity (Wildman–Crippen MR) is 123 cm³/mol. The van der Waals surface area contributed by atoms with Crippen molar-refractivity contribution in [1.29, 1.82) is 0 Å². The van der Waals surface area contributed by atoms with Crippen molar-refractivity contribution in [1.82, 2.24) is 10.2 Å². The zero-order chi connectivity index (χ0) is 23.5. The molecule has 172 valence electrons. The highest BCUT2D eigenvalue weighted by atomic mass is 19.1. The Balaban J connectivity index is 1.67. The number of halogens is 1. The van der Waals surface area contributed by atoms with Crippen LogP contribution in [0.25, 0.3) is 0 Å². The Hall–Kier alpha value is -3.13. The van der Waals surface area contributed by atoms with Gasteiger partial charge >= 0.3 is 6.03 Å². The lowest BCUT2D eigenvalue weighted by Gasteiger charge is -2.34. The lowest BCUT2D eigenvalue weighted by Crippen LogP contribution is -2.44. The van der Waals surface area contributed by atoms with Gasteiger partial charge in [0.25, 0.3) is 0 Å². The third kappa shape index (κ3) is 5.76. The minimum atomic E-state index is -0.532. The molecule has 1 aliphatic rings. The fourth-order valence-corrected chi connectivity index (χ4v) is 3.47. The summed E-state index contributed by atoms with van der Waals surface area (Å²) in [5.41, 5.74) is 2.04. The minimum Gasteiger partial charge on any atom is -0.490 e. The maximum absolute atomic E-state index is 14.0. The minimum absolute atomic E-state index is 0.00603. The van der Waals surface area contributed by atoms with E-state index in [2.05, 4.69) is 10.6 Å². The van der Waals surface area contributed by atoms with Crippen molar-refractivity contribution in [3.8, 4) is 5.75 Å². The molecule has 0 aliphatic carbocycles. The van der Waals surface area contributed by atoms with Crippen molar-refractivity contribution in [2.45, 2.75) is 33.9 Å². The smallest absolute Gasteiger partial charge is 0.319 e. The number of ether oxygens (including phenoxy) is 1. The molecule has 0 fully saturated rings. The van der Waals surface area contributed by atoms with Crippen LogP contribution in [-0.4, -0.2) is 44.1 Å². The molecule has 1 heterocycles. The van der Waals surface area contributed by atoms with Crippen molar-refractivity contribution in [3.05, 3.63) is 53.3 Å². The van der Waals surface area contributed by atoms with E-state index >= 15 is 0 Å². The van der Waals surface area contributed by atoms with Crippen LogP contribution in [0.2, 0.25) is 0 Å². The number of benzene rings is 2. The first-order valence-corrected chi connectivity index (χ1v) is 10.6. The highest BCUT2D eigenvalue weighted by Gasteiger charge is 2.32. The van der Waals surface area contributed by atoms with Gasteiger partial charge in [-0.15, -0.1) is 0 Å². The van der Waals surface area contributed by atoms with Gasteiger partial charge in [0.1, 0.15) is 18.2 Å². The van der Waals surface area contributed by atoms with Gasteiger partial charge in [-0.1, -0.05) is 26.8 Å². The Kier molecular flexibility index (Phi) is 7.03. The number of carbonyl (C=O) groups is 2. The molecule has 0 unspecified atom stereocenters. The van der Waals surface area contributed by atoms with Crippen LogP contribution in [0.15, 0.2) is 36.4 Å². The van der Waals surface area contributed by atoms with Crippen LogP contribution in [0.3, 0.4) is 0 Å². The van der Waals surface area contributed by atoms with E-state index < -0.39 is 11.4 Å². The molecule has 0 spiro atoms. The Morgan fingerprint density at radius 2 is 1.91 bits per heavy atom. The number of hydrogen-bond donors (Lipinski definition) is 2. The van der Waals surface area contributed by atoms with E-state index in [-0.39, 0.29) is 18.3 Å². The summed E-state index contributed by atoms with van der Waals surface area (Å²) in [6, 6.07) is 9.65. The normalized spacial score (nSPS) is 13.4. The first-order valence-electron chi connectivity index (χ1n) is 10.6. The van der Waals surface area contributed by atoms with E-state index in [4.69, 9.17) is 4.74 Å². The summed E-state index contributed by atoms with van der Waals surface area (Å²) in [4.78, 5) is 28.9. The Labute approximate surface area is 188 Å².